The highest BCUT2D eigenvalue weighted by molar-refractivity contribution is 14.1. The third kappa shape index (κ3) is 5.50. The van der Waals surface area contributed by atoms with Gasteiger partial charge in [-0.05, 0) is 35.6 Å². The molecule has 0 saturated heterocycles. The molecule has 1 amide bonds. The molecule has 0 saturated carbocycles. The molecule has 3 aromatic rings. The number of nitrogens with one attached hydrogen (secondary N) is 1. The fraction of sp³-hybridized carbons (Fsp3) is 0.333. The Morgan fingerprint density at radius 1 is 1.29 bits per heavy atom. The monoisotopic (exact) mass is 613 g/mol. The highest BCUT2D eigenvalue weighted by atomic mass is 127. The number of pyridine rings is 1. The summed E-state index contributed by atoms with van der Waals surface area (Å²) >= 11 is 0.914. The van der Waals surface area contributed by atoms with Crippen LogP contribution in [0.4, 0.5) is 23.4 Å². The molecule has 2 N–H and O–H groups in total. The number of ether oxygens (including phenoxy) is 2. The maximum Gasteiger partial charge on any atom is 0.434 e. The first-order valence-electron chi connectivity index (χ1n) is 9.56. The Kier molecular flexibility index (Phi) is 7.88. The molecule has 0 radical (unpaired) electrons. The lowest BCUT2D eigenvalue weighted by atomic mass is 10.2. The summed E-state index contributed by atoms with van der Waals surface area (Å²) in [7, 11) is 1.24. The highest BCUT2D eigenvalue weighted by Crippen LogP contribution is 2.32. The number of alkyl halides is 4. The SMILES string of the molecule is CCn1c(CO)nn(-c2nc(O[C@@H](I)C(F)(F)F)c(C(=O)Nc3nccnc3OC)cc2F)c1=O. The number of aliphatic hydroxyl groups excluding tert-OH is 1. The van der Waals surface area contributed by atoms with Crippen LogP contribution in [0.1, 0.15) is 23.1 Å². The summed E-state index contributed by atoms with van der Waals surface area (Å²) in [6, 6.07) is 0.533. The van der Waals surface area contributed by atoms with Crippen LogP contribution in [-0.4, -0.2) is 57.7 Å². The number of nitrogens with zero attached hydrogens (tertiary/aromatic N) is 6. The molecule has 0 unspecified atom stereocenters. The zero-order chi connectivity index (χ0) is 25.9. The number of amides is 1. The number of anilines is 1. The van der Waals surface area contributed by atoms with Gasteiger partial charge in [-0.25, -0.2) is 19.2 Å². The second-order valence-electron chi connectivity index (χ2n) is 6.50. The summed E-state index contributed by atoms with van der Waals surface area (Å²) in [4.78, 5) is 36.7. The van der Waals surface area contributed by atoms with Crippen molar-refractivity contribution in [2.45, 2.75) is 30.4 Å². The van der Waals surface area contributed by atoms with Crippen molar-refractivity contribution in [3.63, 3.8) is 0 Å². The fourth-order valence-electron chi connectivity index (χ4n) is 2.77. The van der Waals surface area contributed by atoms with E-state index in [0.29, 0.717) is 10.7 Å². The normalized spacial score (nSPS) is 12.3. The number of methoxy groups -OCH3 is 1. The Hall–Kier alpha value is -3.35. The van der Waals surface area contributed by atoms with Crippen LogP contribution in [0.3, 0.4) is 0 Å². The predicted octanol–water partition coefficient (Wildman–Crippen LogP) is 1.83. The van der Waals surface area contributed by atoms with E-state index >= 15 is 4.39 Å². The Bertz CT molecular complexity index is 1300. The third-order valence-corrected chi connectivity index (χ3v) is 5.29. The number of carbonyl (C=O) groups is 1. The lowest BCUT2D eigenvalue weighted by Crippen LogP contribution is -2.30. The first-order chi connectivity index (χ1) is 16.5. The zero-order valence-electron chi connectivity index (χ0n) is 17.9. The average molecular weight is 613 g/mol. The Morgan fingerprint density at radius 2 is 1.97 bits per heavy atom. The maximum absolute atomic E-state index is 15.0. The Balaban J connectivity index is 2.14. The van der Waals surface area contributed by atoms with E-state index in [1.165, 1.54) is 19.5 Å². The molecule has 0 fully saturated rings. The van der Waals surface area contributed by atoms with E-state index in [2.05, 4.69) is 25.4 Å². The largest absolute Gasteiger partial charge is 0.478 e. The number of rotatable bonds is 8. The van der Waals surface area contributed by atoms with Crippen molar-refractivity contribution in [1.29, 1.82) is 0 Å². The van der Waals surface area contributed by atoms with Gasteiger partial charge in [0.2, 0.25) is 9.99 Å². The first kappa shape index (κ1) is 26.3. The van der Waals surface area contributed by atoms with Crippen LogP contribution in [0.25, 0.3) is 5.82 Å². The van der Waals surface area contributed by atoms with Crippen molar-refractivity contribution in [1.82, 2.24) is 29.3 Å². The number of aromatic nitrogens is 6. The van der Waals surface area contributed by atoms with E-state index in [-0.39, 0.29) is 24.1 Å². The minimum absolute atomic E-state index is 0.0596. The summed E-state index contributed by atoms with van der Waals surface area (Å²) in [5.41, 5.74) is -1.66. The van der Waals surface area contributed by atoms with Crippen LogP contribution in [0, 0.1) is 5.82 Å². The minimum atomic E-state index is -4.87. The van der Waals surface area contributed by atoms with Gasteiger partial charge in [-0.1, -0.05) is 0 Å². The number of carbonyl (C=O) groups excluding carboxylic acids is 1. The van der Waals surface area contributed by atoms with Gasteiger partial charge in [0.1, 0.15) is 12.2 Å². The molecule has 0 bridgehead atoms. The molecule has 0 aliphatic heterocycles. The number of hydrogen-bond acceptors (Lipinski definition) is 9. The molecule has 0 aliphatic carbocycles. The van der Waals surface area contributed by atoms with Crippen LogP contribution < -0.4 is 20.5 Å². The molecular weight excluding hydrogens is 597 g/mol. The van der Waals surface area contributed by atoms with Gasteiger partial charge in [0, 0.05) is 18.9 Å². The fourth-order valence-corrected chi connectivity index (χ4v) is 3.01. The summed E-state index contributed by atoms with van der Waals surface area (Å²) in [6.07, 6.45) is -2.41. The number of hydrogen-bond donors (Lipinski definition) is 2. The van der Waals surface area contributed by atoms with Gasteiger partial charge in [0.15, 0.2) is 23.3 Å². The van der Waals surface area contributed by atoms with E-state index in [9.17, 15) is 27.9 Å². The molecular formula is C18H16F4IN7O5. The number of halogens is 5. The van der Waals surface area contributed by atoms with E-state index in [4.69, 9.17) is 9.47 Å². The van der Waals surface area contributed by atoms with Crippen LogP contribution >= 0.6 is 22.6 Å². The molecule has 3 aromatic heterocycles. The summed E-state index contributed by atoms with van der Waals surface area (Å²) in [6.45, 7) is 0.943. The quantitative estimate of drug-likeness (QED) is 0.221. The second-order valence-corrected chi connectivity index (χ2v) is 7.63. The van der Waals surface area contributed by atoms with E-state index < -0.39 is 51.6 Å². The van der Waals surface area contributed by atoms with Crippen LogP contribution in [0.5, 0.6) is 11.8 Å². The standard InChI is InChI=1S/C18H16F4IN7O5/c1-3-29-10(7-31)28-30(17(29)33)12-9(19)6-8(14(27-12)35-16(23)18(20,21)22)13(32)26-11-15(34-2)25-5-4-24-11/h4-6,16,31H,3,7H2,1-2H3,(H,24,26,32)/t16-/m1/s1. The third-order valence-electron chi connectivity index (χ3n) is 4.33. The van der Waals surface area contributed by atoms with Crippen molar-refractivity contribution >= 4 is 34.3 Å². The summed E-state index contributed by atoms with van der Waals surface area (Å²) < 4.78 is 63.2. The predicted molar refractivity (Wildman–Crippen MR) is 118 cm³/mol. The van der Waals surface area contributed by atoms with Crippen molar-refractivity contribution < 1.29 is 36.9 Å². The zero-order valence-corrected chi connectivity index (χ0v) is 20.0. The molecule has 188 valence electrons. The molecule has 0 aromatic carbocycles. The van der Waals surface area contributed by atoms with Crippen LogP contribution in [0.2, 0.25) is 0 Å². The molecule has 17 heteroatoms. The van der Waals surface area contributed by atoms with E-state index in [1.807, 2.05) is 0 Å². The second kappa shape index (κ2) is 10.5. The van der Waals surface area contributed by atoms with Gasteiger partial charge >= 0.3 is 11.9 Å². The number of aliphatic hydroxyl groups is 1. The molecule has 0 aliphatic rings. The van der Waals surface area contributed by atoms with E-state index in [0.717, 1.165) is 27.2 Å². The lowest BCUT2D eigenvalue weighted by Gasteiger charge is -2.18. The molecule has 3 heterocycles. The van der Waals surface area contributed by atoms with Gasteiger partial charge in [-0.2, -0.15) is 22.8 Å². The van der Waals surface area contributed by atoms with Crippen molar-refractivity contribution in [3.8, 4) is 17.6 Å². The minimum Gasteiger partial charge on any atom is -0.478 e. The molecule has 35 heavy (non-hydrogen) atoms. The lowest BCUT2D eigenvalue weighted by molar-refractivity contribution is -0.161. The smallest absolute Gasteiger partial charge is 0.434 e. The first-order valence-corrected chi connectivity index (χ1v) is 10.8. The van der Waals surface area contributed by atoms with Gasteiger partial charge in [-0.15, -0.1) is 5.10 Å². The van der Waals surface area contributed by atoms with Gasteiger partial charge in [0.25, 0.3) is 11.8 Å². The average Bonchev–Trinajstić information content (AvgIpc) is 3.14. The van der Waals surface area contributed by atoms with Gasteiger partial charge in [0.05, 0.1) is 7.11 Å². The summed E-state index contributed by atoms with van der Waals surface area (Å²) in [5.74, 6) is -4.68. The van der Waals surface area contributed by atoms with Gasteiger partial charge < -0.3 is 19.9 Å². The summed E-state index contributed by atoms with van der Waals surface area (Å²) in [5, 5.41) is 15.4. The van der Waals surface area contributed by atoms with Crippen LogP contribution in [-0.2, 0) is 13.2 Å². The van der Waals surface area contributed by atoms with Gasteiger partial charge in [-0.3, -0.25) is 9.36 Å². The molecule has 12 nitrogen and oxygen atoms in total. The topological polar surface area (TPSA) is 146 Å². The molecule has 0 spiro atoms. The van der Waals surface area contributed by atoms with Crippen molar-refractivity contribution in [2.75, 3.05) is 12.4 Å². The highest BCUT2D eigenvalue weighted by Gasteiger charge is 2.41. The van der Waals surface area contributed by atoms with Crippen molar-refractivity contribution in [2.24, 2.45) is 0 Å². The van der Waals surface area contributed by atoms with Crippen molar-refractivity contribution in [3.05, 3.63) is 46.1 Å². The van der Waals surface area contributed by atoms with Crippen LogP contribution in [0.15, 0.2) is 23.3 Å². The molecule has 1 atom stereocenters. The molecule has 3 rings (SSSR count). The Labute approximate surface area is 207 Å². The van der Waals surface area contributed by atoms with E-state index in [1.54, 1.807) is 6.92 Å². The Morgan fingerprint density at radius 3 is 2.54 bits per heavy atom. The maximum atomic E-state index is 15.0.